The Hall–Kier alpha value is -1.54. The number of nitrogens with zero attached hydrogens (tertiary/aromatic N) is 2. The van der Waals surface area contributed by atoms with Crippen LogP contribution in [0.25, 0.3) is 0 Å². The van der Waals surface area contributed by atoms with E-state index in [4.69, 9.17) is 23.2 Å². The van der Waals surface area contributed by atoms with E-state index in [0.717, 1.165) is 16.9 Å². The van der Waals surface area contributed by atoms with E-state index in [0.29, 0.717) is 33.0 Å². The second-order valence-corrected chi connectivity index (χ2v) is 9.49. The average Bonchev–Trinajstić information content (AvgIpc) is 3.09. The predicted molar refractivity (Wildman–Crippen MR) is 102 cm³/mol. The molecule has 0 saturated heterocycles. The highest BCUT2D eigenvalue weighted by Gasteiger charge is 2.21. The Morgan fingerprint density at radius 2 is 1.88 bits per heavy atom. The molecule has 2 heterocycles. The summed E-state index contributed by atoms with van der Waals surface area (Å²) in [6.45, 7) is 4.03. The molecule has 132 valence electrons. The molecular weight excluding hydrogens is 401 g/mol. The molecule has 1 N–H and O–H groups in total. The lowest BCUT2D eigenvalue weighted by Gasteiger charge is -2.09. The van der Waals surface area contributed by atoms with Crippen molar-refractivity contribution < 1.29 is 8.42 Å². The monoisotopic (exact) mass is 415 g/mol. The molecule has 25 heavy (non-hydrogen) atoms. The minimum Gasteiger partial charge on any atom is -0.275 e. The molecule has 0 bridgehead atoms. The van der Waals surface area contributed by atoms with Crippen LogP contribution in [0.15, 0.2) is 40.6 Å². The van der Waals surface area contributed by atoms with Crippen molar-refractivity contribution in [3.8, 4) is 0 Å². The number of aromatic nitrogens is 2. The number of hydrogen-bond acceptors (Lipinski definition) is 4. The third-order valence-electron chi connectivity index (χ3n) is 3.71. The molecule has 0 spiro atoms. The van der Waals surface area contributed by atoms with E-state index < -0.39 is 10.0 Å². The summed E-state index contributed by atoms with van der Waals surface area (Å²) in [6, 6.07) is 10.5. The first-order valence-electron chi connectivity index (χ1n) is 7.33. The number of anilines is 1. The van der Waals surface area contributed by atoms with E-state index in [2.05, 4.69) is 9.82 Å². The number of sulfonamides is 1. The van der Waals surface area contributed by atoms with Crippen LogP contribution >= 0.6 is 34.5 Å². The lowest BCUT2D eigenvalue weighted by Crippen LogP contribution is -2.13. The highest BCUT2D eigenvalue weighted by Crippen LogP contribution is 2.29. The minimum absolute atomic E-state index is 0.162. The second kappa shape index (κ2) is 6.99. The van der Waals surface area contributed by atoms with Gasteiger partial charge in [-0.05, 0) is 37.6 Å². The summed E-state index contributed by atoms with van der Waals surface area (Å²) in [4.78, 5) is 0. The summed E-state index contributed by atoms with van der Waals surface area (Å²) in [6.07, 6.45) is 0. The van der Waals surface area contributed by atoms with Crippen LogP contribution < -0.4 is 4.72 Å². The van der Waals surface area contributed by atoms with Crippen molar-refractivity contribution in [1.29, 1.82) is 0 Å². The molecular formula is C16H15Cl2N3O2S2. The first-order valence-corrected chi connectivity index (χ1v) is 10.4. The topological polar surface area (TPSA) is 64.0 Å². The van der Waals surface area contributed by atoms with Gasteiger partial charge in [0.25, 0.3) is 10.0 Å². The van der Waals surface area contributed by atoms with Crippen LogP contribution in [0.1, 0.15) is 17.0 Å². The van der Waals surface area contributed by atoms with E-state index in [-0.39, 0.29) is 4.21 Å². The van der Waals surface area contributed by atoms with Crippen LogP contribution in [0.2, 0.25) is 9.36 Å². The number of rotatable bonds is 5. The van der Waals surface area contributed by atoms with Gasteiger partial charge in [-0.25, -0.2) is 8.42 Å². The van der Waals surface area contributed by atoms with Crippen LogP contribution in [0, 0.1) is 13.8 Å². The first kappa shape index (κ1) is 18.3. The van der Waals surface area contributed by atoms with Gasteiger partial charge in [-0.2, -0.15) is 5.10 Å². The van der Waals surface area contributed by atoms with E-state index >= 15 is 0 Å². The maximum atomic E-state index is 12.5. The zero-order chi connectivity index (χ0) is 18.2. The second-order valence-electron chi connectivity index (χ2n) is 5.46. The molecule has 3 rings (SSSR count). The minimum atomic E-state index is -3.70. The largest absolute Gasteiger partial charge is 0.275 e. The summed E-state index contributed by atoms with van der Waals surface area (Å²) in [5.41, 5.74) is 2.69. The maximum Gasteiger partial charge on any atom is 0.271 e. The molecule has 2 aromatic heterocycles. The van der Waals surface area contributed by atoms with Crippen LogP contribution in [-0.2, 0) is 16.6 Å². The highest BCUT2D eigenvalue weighted by atomic mass is 35.5. The molecule has 3 aromatic rings. The van der Waals surface area contributed by atoms with E-state index in [1.807, 2.05) is 31.2 Å². The van der Waals surface area contributed by atoms with Crippen molar-refractivity contribution >= 4 is 50.2 Å². The van der Waals surface area contributed by atoms with Gasteiger partial charge in [0, 0.05) is 5.02 Å². The molecule has 5 nitrogen and oxygen atoms in total. The fraction of sp³-hybridized carbons (Fsp3) is 0.188. The normalized spacial score (nSPS) is 11.7. The number of thiophene rings is 1. The molecule has 0 aliphatic rings. The fourth-order valence-corrected chi connectivity index (χ4v) is 5.27. The molecule has 0 fully saturated rings. The summed E-state index contributed by atoms with van der Waals surface area (Å²) >= 11 is 13.0. The Morgan fingerprint density at radius 3 is 2.52 bits per heavy atom. The van der Waals surface area contributed by atoms with Crippen molar-refractivity contribution in [3.05, 3.63) is 62.7 Å². The standard InChI is InChI=1S/C16H15Cl2N3O2S2/c1-10-16(20-25(22,23)15-8-7-14(18)24-15)11(2)21(19-10)9-12-5-3-4-6-13(12)17/h3-8,20H,9H2,1-2H3. The van der Waals surface area contributed by atoms with Crippen LogP contribution in [0.5, 0.6) is 0 Å². The summed E-state index contributed by atoms with van der Waals surface area (Å²) in [5.74, 6) is 0. The molecule has 0 unspecified atom stereocenters. The first-order chi connectivity index (χ1) is 11.8. The predicted octanol–water partition coefficient (Wildman–Crippen LogP) is 4.72. The molecule has 0 aliphatic carbocycles. The summed E-state index contributed by atoms with van der Waals surface area (Å²) < 4.78 is 30.0. The van der Waals surface area contributed by atoms with Crippen molar-refractivity contribution in [1.82, 2.24) is 9.78 Å². The Bertz CT molecular complexity index is 1030. The fourth-order valence-electron chi connectivity index (χ4n) is 2.41. The van der Waals surface area contributed by atoms with Crippen molar-refractivity contribution in [2.75, 3.05) is 4.72 Å². The van der Waals surface area contributed by atoms with Crippen molar-refractivity contribution in [3.63, 3.8) is 0 Å². The molecule has 0 saturated carbocycles. The number of aryl methyl sites for hydroxylation is 1. The molecule has 0 aliphatic heterocycles. The smallest absolute Gasteiger partial charge is 0.271 e. The number of benzene rings is 1. The zero-order valence-electron chi connectivity index (χ0n) is 13.5. The van der Waals surface area contributed by atoms with Crippen molar-refractivity contribution in [2.45, 2.75) is 24.6 Å². The molecule has 0 radical (unpaired) electrons. The quantitative estimate of drug-likeness (QED) is 0.655. The summed E-state index contributed by atoms with van der Waals surface area (Å²) in [7, 11) is -3.70. The number of nitrogens with one attached hydrogen (secondary N) is 1. The van der Waals surface area contributed by atoms with E-state index in [9.17, 15) is 8.42 Å². The Balaban J connectivity index is 1.91. The van der Waals surface area contributed by atoms with Crippen LogP contribution in [-0.4, -0.2) is 18.2 Å². The van der Waals surface area contributed by atoms with Gasteiger partial charge in [0.1, 0.15) is 4.21 Å². The van der Waals surface area contributed by atoms with Gasteiger partial charge in [0.15, 0.2) is 0 Å². The lowest BCUT2D eigenvalue weighted by molar-refractivity contribution is 0.603. The molecule has 1 aromatic carbocycles. The van der Waals surface area contributed by atoms with Crippen LogP contribution in [0.4, 0.5) is 5.69 Å². The average molecular weight is 416 g/mol. The number of halogens is 2. The van der Waals surface area contributed by atoms with Gasteiger partial charge in [-0.15, -0.1) is 11.3 Å². The van der Waals surface area contributed by atoms with Gasteiger partial charge in [-0.1, -0.05) is 41.4 Å². The Morgan fingerprint density at radius 1 is 1.16 bits per heavy atom. The van der Waals surface area contributed by atoms with Crippen molar-refractivity contribution in [2.24, 2.45) is 0 Å². The molecule has 0 atom stereocenters. The van der Waals surface area contributed by atoms with Gasteiger partial charge in [0.05, 0.1) is 28.0 Å². The third-order valence-corrected chi connectivity index (χ3v) is 7.15. The Labute approximate surface area is 160 Å². The SMILES string of the molecule is Cc1nn(Cc2ccccc2Cl)c(C)c1NS(=O)(=O)c1ccc(Cl)s1. The zero-order valence-corrected chi connectivity index (χ0v) is 16.6. The molecule has 0 amide bonds. The van der Waals surface area contributed by atoms with E-state index in [1.54, 1.807) is 17.7 Å². The Kier molecular flexibility index (Phi) is 5.11. The van der Waals surface area contributed by atoms with Gasteiger partial charge < -0.3 is 0 Å². The highest BCUT2D eigenvalue weighted by molar-refractivity contribution is 7.94. The lowest BCUT2D eigenvalue weighted by atomic mass is 10.2. The maximum absolute atomic E-state index is 12.5. The molecule has 9 heteroatoms. The summed E-state index contributed by atoms with van der Waals surface area (Å²) in [5, 5.41) is 5.08. The van der Waals surface area contributed by atoms with Gasteiger partial charge >= 0.3 is 0 Å². The van der Waals surface area contributed by atoms with E-state index in [1.165, 1.54) is 6.07 Å². The van der Waals surface area contributed by atoms with Gasteiger partial charge in [0.2, 0.25) is 0 Å². The van der Waals surface area contributed by atoms with Crippen LogP contribution in [0.3, 0.4) is 0 Å². The number of hydrogen-bond donors (Lipinski definition) is 1. The third kappa shape index (κ3) is 3.84. The van der Waals surface area contributed by atoms with Gasteiger partial charge in [-0.3, -0.25) is 9.40 Å².